The highest BCUT2D eigenvalue weighted by atomic mass is 35.5. The van der Waals surface area contributed by atoms with Crippen molar-refractivity contribution in [2.24, 2.45) is 0 Å². The molecule has 76 valence electrons. The Morgan fingerprint density at radius 2 is 2.13 bits per heavy atom. The molecule has 0 aliphatic carbocycles. The van der Waals surface area contributed by atoms with Crippen LogP contribution in [0.4, 0.5) is 0 Å². The highest BCUT2D eigenvalue weighted by Crippen LogP contribution is 2.24. The lowest BCUT2D eigenvalue weighted by molar-refractivity contribution is 0.0972. The summed E-state index contributed by atoms with van der Waals surface area (Å²) in [5.41, 5.74) is 0.649. The molecule has 0 unspecified atom stereocenters. The number of nitrogens with zero attached hydrogens (tertiary/aromatic N) is 2. The first kappa shape index (κ1) is 9.86. The molecular weight excluding hydrogens is 216 g/mol. The lowest BCUT2D eigenvalue weighted by Gasteiger charge is -1.95. The third kappa shape index (κ3) is 1.89. The summed E-state index contributed by atoms with van der Waals surface area (Å²) in [7, 11) is 0. The van der Waals surface area contributed by atoms with Crippen LogP contribution in [-0.2, 0) is 0 Å². The van der Waals surface area contributed by atoms with Gasteiger partial charge >= 0.3 is 0 Å². The molecule has 0 saturated heterocycles. The van der Waals surface area contributed by atoms with Gasteiger partial charge in [0.1, 0.15) is 0 Å². The Morgan fingerprint density at radius 3 is 2.73 bits per heavy atom. The molecule has 15 heavy (non-hydrogen) atoms. The van der Waals surface area contributed by atoms with Gasteiger partial charge < -0.3 is 4.52 Å². The van der Waals surface area contributed by atoms with Crippen LogP contribution in [0.3, 0.4) is 0 Å². The zero-order valence-corrected chi connectivity index (χ0v) is 8.65. The van der Waals surface area contributed by atoms with Crippen LogP contribution in [0.25, 0.3) is 11.4 Å². The third-order valence-electron chi connectivity index (χ3n) is 1.84. The van der Waals surface area contributed by atoms with Crippen molar-refractivity contribution in [3.8, 4) is 11.4 Å². The van der Waals surface area contributed by atoms with Crippen molar-refractivity contribution >= 4 is 17.4 Å². The first-order valence-electron chi connectivity index (χ1n) is 4.28. The highest BCUT2D eigenvalue weighted by molar-refractivity contribution is 6.33. The zero-order chi connectivity index (χ0) is 10.8. The SMILES string of the molecule is CC(=O)c1nc(-c2ccccc2Cl)no1. The fourth-order valence-corrected chi connectivity index (χ4v) is 1.34. The van der Waals surface area contributed by atoms with Crippen LogP contribution in [0.2, 0.25) is 5.02 Å². The van der Waals surface area contributed by atoms with Crippen LogP contribution in [0.1, 0.15) is 17.6 Å². The molecule has 0 fully saturated rings. The van der Waals surface area contributed by atoms with Crippen molar-refractivity contribution in [3.63, 3.8) is 0 Å². The summed E-state index contributed by atoms with van der Waals surface area (Å²) < 4.78 is 4.77. The minimum Gasteiger partial charge on any atom is -0.330 e. The van der Waals surface area contributed by atoms with Crippen LogP contribution >= 0.6 is 11.6 Å². The zero-order valence-electron chi connectivity index (χ0n) is 7.90. The lowest BCUT2D eigenvalue weighted by Crippen LogP contribution is -1.91. The number of aromatic nitrogens is 2. The van der Waals surface area contributed by atoms with E-state index < -0.39 is 0 Å². The van der Waals surface area contributed by atoms with Gasteiger partial charge in [-0.05, 0) is 12.1 Å². The fourth-order valence-electron chi connectivity index (χ4n) is 1.12. The molecule has 0 aliphatic heterocycles. The van der Waals surface area contributed by atoms with Crippen molar-refractivity contribution in [1.29, 1.82) is 0 Å². The first-order chi connectivity index (χ1) is 7.18. The lowest BCUT2D eigenvalue weighted by atomic mass is 10.2. The van der Waals surface area contributed by atoms with Crippen LogP contribution in [0.5, 0.6) is 0 Å². The second-order valence-corrected chi connectivity index (χ2v) is 3.37. The number of halogens is 1. The molecule has 0 spiro atoms. The molecule has 1 aromatic heterocycles. The summed E-state index contributed by atoms with van der Waals surface area (Å²) in [5, 5.41) is 4.20. The van der Waals surface area contributed by atoms with E-state index in [0.29, 0.717) is 16.4 Å². The second-order valence-electron chi connectivity index (χ2n) is 2.96. The van der Waals surface area contributed by atoms with E-state index in [1.165, 1.54) is 6.92 Å². The standard InChI is InChI=1S/C10H7ClN2O2/c1-6(14)10-12-9(13-15-10)7-4-2-3-5-8(7)11/h2-5H,1H3. The summed E-state index contributed by atoms with van der Waals surface area (Å²) in [5.74, 6) is 0.0523. The van der Waals surface area contributed by atoms with Gasteiger partial charge in [-0.1, -0.05) is 28.9 Å². The van der Waals surface area contributed by atoms with E-state index in [1.54, 1.807) is 18.2 Å². The maximum Gasteiger partial charge on any atom is 0.294 e. The number of hydrogen-bond acceptors (Lipinski definition) is 4. The second kappa shape index (κ2) is 3.82. The fraction of sp³-hybridized carbons (Fsp3) is 0.100. The average molecular weight is 223 g/mol. The molecule has 4 nitrogen and oxygen atoms in total. The predicted molar refractivity (Wildman–Crippen MR) is 54.7 cm³/mol. The van der Waals surface area contributed by atoms with Gasteiger partial charge in [0, 0.05) is 12.5 Å². The molecule has 0 N–H and O–H groups in total. The van der Waals surface area contributed by atoms with Crippen LogP contribution in [0, 0.1) is 0 Å². The van der Waals surface area contributed by atoms with Gasteiger partial charge in [0.2, 0.25) is 11.6 Å². The summed E-state index contributed by atoms with van der Waals surface area (Å²) in [6, 6.07) is 7.10. The molecule has 1 heterocycles. The van der Waals surface area contributed by atoms with Gasteiger partial charge in [-0.25, -0.2) is 0 Å². The summed E-state index contributed by atoms with van der Waals surface area (Å²) in [6.07, 6.45) is 0. The van der Waals surface area contributed by atoms with E-state index in [1.807, 2.05) is 6.07 Å². The van der Waals surface area contributed by atoms with Gasteiger partial charge in [-0.3, -0.25) is 4.79 Å². The number of hydrogen-bond donors (Lipinski definition) is 0. The average Bonchev–Trinajstić information content (AvgIpc) is 2.67. The van der Waals surface area contributed by atoms with Gasteiger partial charge in [0.25, 0.3) is 5.89 Å². The molecule has 0 aliphatic rings. The minimum atomic E-state index is -0.263. The summed E-state index contributed by atoms with van der Waals surface area (Å²) in [6.45, 7) is 1.36. The van der Waals surface area contributed by atoms with Crippen LogP contribution in [-0.4, -0.2) is 15.9 Å². The van der Waals surface area contributed by atoms with Gasteiger partial charge in [-0.2, -0.15) is 4.98 Å². The monoisotopic (exact) mass is 222 g/mol. The maximum absolute atomic E-state index is 10.9. The van der Waals surface area contributed by atoms with Gasteiger partial charge in [-0.15, -0.1) is 0 Å². The van der Waals surface area contributed by atoms with Gasteiger partial charge in [0.15, 0.2) is 0 Å². The number of carbonyl (C=O) groups is 1. The molecule has 0 bridgehead atoms. The summed E-state index contributed by atoms with van der Waals surface area (Å²) in [4.78, 5) is 14.9. The number of rotatable bonds is 2. The van der Waals surface area contributed by atoms with Crippen molar-refractivity contribution < 1.29 is 9.32 Å². The van der Waals surface area contributed by atoms with Crippen LogP contribution < -0.4 is 0 Å². The summed E-state index contributed by atoms with van der Waals surface area (Å²) >= 11 is 5.94. The van der Waals surface area contributed by atoms with Crippen molar-refractivity contribution in [3.05, 3.63) is 35.2 Å². The Balaban J connectivity index is 2.46. The van der Waals surface area contributed by atoms with E-state index in [0.717, 1.165) is 0 Å². The number of ketones is 1. The van der Waals surface area contributed by atoms with Gasteiger partial charge in [0.05, 0.1) is 5.02 Å². The van der Waals surface area contributed by atoms with E-state index >= 15 is 0 Å². The Hall–Kier alpha value is -1.68. The quantitative estimate of drug-likeness (QED) is 0.733. The Labute approximate surface area is 90.9 Å². The smallest absolute Gasteiger partial charge is 0.294 e. The number of benzene rings is 1. The Morgan fingerprint density at radius 1 is 1.40 bits per heavy atom. The minimum absolute atomic E-state index is 0.00933. The highest BCUT2D eigenvalue weighted by Gasteiger charge is 2.13. The predicted octanol–water partition coefficient (Wildman–Crippen LogP) is 2.59. The molecule has 0 amide bonds. The topological polar surface area (TPSA) is 56.0 Å². The largest absolute Gasteiger partial charge is 0.330 e. The molecule has 5 heteroatoms. The van der Waals surface area contributed by atoms with Crippen molar-refractivity contribution in [1.82, 2.24) is 10.1 Å². The third-order valence-corrected chi connectivity index (χ3v) is 2.17. The normalized spacial score (nSPS) is 10.3. The molecule has 0 atom stereocenters. The van der Waals surface area contributed by atoms with E-state index in [9.17, 15) is 4.79 Å². The molecule has 2 rings (SSSR count). The van der Waals surface area contributed by atoms with Crippen molar-refractivity contribution in [2.75, 3.05) is 0 Å². The maximum atomic E-state index is 10.9. The Bertz CT molecular complexity index is 508. The van der Waals surface area contributed by atoms with E-state index in [4.69, 9.17) is 16.1 Å². The van der Waals surface area contributed by atoms with E-state index in [-0.39, 0.29) is 11.7 Å². The van der Waals surface area contributed by atoms with Crippen molar-refractivity contribution in [2.45, 2.75) is 6.92 Å². The number of Topliss-reactive ketones (excluding diaryl/α,β-unsaturated/α-hetero) is 1. The molecule has 1 aromatic carbocycles. The Kier molecular flexibility index (Phi) is 2.51. The molecule has 2 aromatic rings. The van der Waals surface area contributed by atoms with Crippen LogP contribution in [0.15, 0.2) is 28.8 Å². The number of carbonyl (C=O) groups excluding carboxylic acids is 1. The first-order valence-corrected chi connectivity index (χ1v) is 4.66. The molecule has 0 radical (unpaired) electrons. The van der Waals surface area contributed by atoms with E-state index in [2.05, 4.69) is 10.1 Å². The molecule has 0 saturated carbocycles. The molecular formula is C10H7ClN2O2.